The summed E-state index contributed by atoms with van der Waals surface area (Å²) in [4.78, 5) is 18.2. The zero-order chi connectivity index (χ0) is 15.9. The van der Waals surface area contributed by atoms with Crippen molar-refractivity contribution in [1.82, 2.24) is 10.3 Å². The lowest BCUT2D eigenvalue weighted by molar-refractivity contribution is -0.122. The van der Waals surface area contributed by atoms with E-state index in [0.717, 1.165) is 38.3 Å². The van der Waals surface area contributed by atoms with Crippen molar-refractivity contribution in [2.75, 3.05) is 24.5 Å². The van der Waals surface area contributed by atoms with Crippen molar-refractivity contribution in [3.05, 3.63) is 23.9 Å². The molecule has 118 valence electrons. The Balaban J connectivity index is 1.81. The molecule has 0 radical (unpaired) electrons. The summed E-state index contributed by atoms with van der Waals surface area (Å²) in [5.74, 6) is 1.85. The highest BCUT2D eigenvalue weighted by atomic mass is 16.1. The van der Waals surface area contributed by atoms with Crippen LogP contribution >= 0.6 is 0 Å². The van der Waals surface area contributed by atoms with Gasteiger partial charge in [0, 0.05) is 32.3 Å². The molecule has 1 saturated heterocycles. The van der Waals surface area contributed by atoms with Crippen molar-refractivity contribution >= 4 is 11.7 Å². The molecule has 5 nitrogen and oxygen atoms in total. The molecule has 1 aliphatic heterocycles. The number of piperidine rings is 1. The lowest BCUT2D eigenvalue weighted by Gasteiger charge is -2.33. The van der Waals surface area contributed by atoms with Crippen molar-refractivity contribution < 1.29 is 4.79 Å². The molecule has 0 saturated carbocycles. The van der Waals surface area contributed by atoms with E-state index in [1.807, 2.05) is 0 Å². The Labute approximate surface area is 132 Å². The van der Waals surface area contributed by atoms with E-state index in [2.05, 4.69) is 35.1 Å². The minimum atomic E-state index is 0.147. The standard InChI is InChI=1S/C17H24N4O/c1-13(2)10-16(22)20-12-14-5-8-21(9-6-14)17-15(11-18)4-3-7-19-17/h3-4,7,13-14H,5-6,8-10,12H2,1-2H3,(H,20,22). The van der Waals surface area contributed by atoms with Crippen LogP contribution in [0.1, 0.15) is 38.7 Å². The molecule has 0 spiro atoms. The number of carbonyl (C=O) groups is 1. The molecule has 1 N–H and O–H groups in total. The van der Waals surface area contributed by atoms with Gasteiger partial charge in [-0.2, -0.15) is 5.26 Å². The van der Waals surface area contributed by atoms with E-state index in [1.54, 1.807) is 18.3 Å². The zero-order valence-corrected chi connectivity index (χ0v) is 13.4. The van der Waals surface area contributed by atoms with Crippen LogP contribution in [-0.2, 0) is 4.79 Å². The van der Waals surface area contributed by atoms with Crippen molar-refractivity contribution in [1.29, 1.82) is 5.26 Å². The number of nitrogens with one attached hydrogen (secondary N) is 1. The van der Waals surface area contributed by atoms with Gasteiger partial charge in [0.25, 0.3) is 0 Å². The lowest BCUT2D eigenvalue weighted by Crippen LogP contribution is -2.39. The maximum atomic E-state index is 11.7. The van der Waals surface area contributed by atoms with E-state index in [4.69, 9.17) is 5.26 Å². The second-order valence-corrected chi connectivity index (χ2v) is 6.32. The fourth-order valence-corrected chi connectivity index (χ4v) is 2.79. The summed E-state index contributed by atoms with van der Waals surface area (Å²) in [6.07, 6.45) is 4.36. The molecule has 0 atom stereocenters. The number of nitrogens with zero attached hydrogens (tertiary/aromatic N) is 3. The van der Waals surface area contributed by atoms with Gasteiger partial charge < -0.3 is 10.2 Å². The third kappa shape index (κ3) is 4.45. The molecular formula is C17H24N4O. The number of hydrogen-bond donors (Lipinski definition) is 1. The molecule has 0 unspecified atom stereocenters. The molecule has 1 fully saturated rings. The smallest absolute Gasteiger partial charge is 0.220 e. The number of hydrogen-bond acceptors (Lipinski definition) is 4. The van der Waals surface area contributed by atoms with Crippen LogP contribution in [0.25, 0.3) is 0 Å². The van der Waals surface area contributed by atoms with Gasteiger partial charge in [-0.05, 0) is 36.8 Å². The fraction of sp³-hybridized carbons (Fsp3) is 0.588. The van der Waals surface area contributed by atoms with Crippen molar-refractivity contribution in [3.8, 4) is 6.07 Å². The Morgan fingerprint density at radius 1 is 1.50 bits per heavy atom. The first-order valence-corrected chi connectivity index (χ1v) is 7.97. The van der Waals surface area contributed by atoms with Crippen molar-refractivity contribution in [2.45, 2.75) is 33.1 Å². The van der Waals surface area contributed by atoms with Crippen molar-refractivity contribution in [3.63, 3.8) is 0 Å². The maximum Gasteiger partial charge on any atom is 0.220 e. The number of aromatic nitrogens is 1. The number of nitriles is 1. The van der Waals surface area contributed by atoms with Gasteiger partial charge in [0.05, 0.1) is 5.56 Å². The SMILES string of the molecule is CC(C)CC(=O)NCC1CCN(c2ncccc2C#N)CC1. The van der Waals surface area contributed by atoms with Gasteiger partial charge in [0.2, 0.25) is 5.91 Å². The van der Waals surface area contributed by atoms with Gasteiger partial charge in [-0.3, -0.25) is 4.79 Å². The largest absolute Gasteiger partial charge is 0.356 e. The summed E-state index contributed by atoms with van der Waals surface area (Å²) < 4.78 is 0. The molecule has 1 amide bonds. The molecule has 5 heteroatoms. The van der Waals surface area contributed by atoms with Crippen molar-refractivity contribution in [2.24, 2.45) is 11.8 Å². The Bertz CT molecular complexity index is 542. The normalized spacial score (nSPS) is 15.6. The Morgan fingerprint density at radius 3 is 2.86 bits per heavy atom. The summed E-state index contributed by atoms with van der Waals surface area (Å²) in [6, 6.07) is 5.80. The Morgan fingerprint density at radius 2 is 2.23 bits per heavy atom. The van der Waals surface area contributed by atoms with Gasteiger partial charge >= 0.3 is 0 Å². The summed E-state index contributed by atoms with van der Waals surface area (Å²) in [5, 5.41) is 12.2. The second kappa shape index (κ2) is 7.79. The number of pyridine rings is 1. The molecular weight excluding hydrogens is 276 g/mol. The highest BCUT2D eigenvalue weighted by Gasteiger charge is 2.22. The molecule has 1 aliphatic rings. The molecule has 1 aromatic rings. The van der Waals surface area contributed by atoms with Crippen LogP contribution in [0.4, 0.5) is 5.82 Å². The van der Waals surface area contributed by atoms with Crippen LogP contribution in [0.2, 0.25) is 0 Å². The topological polar surface area (TPSA) is 69.0 Å². The van der Waals surface area contributed by atoms with E-state index in [9.17, 15) is 4.79 Å². The van der Waals surface area contributed by atoms with Crippen LogP contribution in [0.3, 0.4) is 0 Å². The third-order valence-corrected chi connectivity index (χ3v) is 4.00. The number of amides is 1. The summed E-state index contributed by atoms with van der Waals surface area (Å²) in [7, 11) is 0. The van der Waals surface area contributed by atoms with Crippen LogP contribution < -0.4 is 10.2 Å². The zero-order valence-electron chi connectivity index (χ0n) is 13.4. The Hall–Kier alpha value is -2.09. The minimum Gasteiger partial charge on any atom is -0.356 e. The summed E-state index contributed by atoms with van der Waals surface area (Å²) >= 11 is 0. The highest BCUT2D eigenvalue weighted by molar-refractivity contribution is 5.76. The molecule has 1 aromatic heterocycles. The van der Waals surface area contributed by atoms with Gasteiger partial charge in [0.1, 0.15) is 11.9 Å². The molecule has 2 rings (SSSR count). The highest BCUT2D eigenvalue weighted by Crippen LogP contribution is 2.23. The van der Waals surface area contributed by atoms with E-state index in [-0.39, 0.29) is 5.91 Å². The molecule has 0 aromatic carbocycles. The van der Waals surface area contributed by atoms with Gasteiger partial charge in [-0.15, -0.1) is 0 Å². The second-order valence-electron chi connectivity index (χ2n) is 6.32. The van der Waals surface area contributed by atoms with E-state index in [1.165, 1.54) is 0 Å². The lowest BCUT2D eigenvalue weighted by atomic mass is 9.96. The van der Waals surface area contributed by atoms with E-state index in [0.29, 0.717) is 23.8 Å². The third-order valence-electron chi connectivity index (χ3n) is 4.00. The molecule has 0 bridgehead atoms. The van der Waals surface area contributed by atoms with Crippen LogP contribution in [-0.4, -0.2) is 30.5 Å². The first kappa shape index (κ1) is 16.3. The predicted molar refractivity (Wildman–Crippen MR) is 86.4 cm³/mol. The number of anilines is 1. The summed E-state index contributed by atoms with van der Waals surface area (Å²) in [5.41, 5.74) is 0.631. The molecule has 22 heavy (non-hydrogen) atoms. The first-order valence-electron chi connectivity index (χ1n) is 7.97. The van der Waals surface area contributed by atoms with Crippen LogP contribution in [0, 0.1) is 23.2 Å². The molecule has 2 heterocycles. The maximum absolute atomic E-state index is 11.7. The molecule has 0 aliphatic carbocycles. The first-order chi connectivity index (χ1) is 10.6. The van der Waals surface area contributed by atoms with Crippen LogP contribution in [0.5, 0.6) is 0 Å². The average molecular weight is 300 g/mol. The van der Waals surface area contributed by atoms with E-state index < -0.39 is 0 Å². The quantitative estimate of drug-likeness (QED) is 0.906. The Kier molecular flexibility index (Phi) is 5.76. The monoisotopic (exact) mass is 300 g/mol. The fourth-order valence-electron chi connectivity index (χ4n) is 2.79. The van der Waals surface area contributed by atoms with Gasteiger partial charge in [0.15, 0.2) is 0 Å². The summed E-state index contributed by atoms with van der Waals surface area (Å²) in [6.45, 7) is 6.63. The van der Waals surface area contributed by atoms with Crippen LogP contribution in [0.15, 0.2) is 18.3 Å². The minimum absolute atomic E-state index is 0.147. The predicted octanol–water partition coefficient (Wildman–Crippen LogP) is 2.33. The number of carbonyl (C=O) groups excluding carboxylic acids is 1. The average Bonchev–Trinajstić information content (AvgIpc) is 2.53. The van der Waals surface area contributed by atoms with Gasteiger partial charge in [-0.25, -0.2) is 4.98 Å². The number of rotatable bonds is 5. The van der Waals surface area contributed by atoms with E-state index >= 15 is 0 Å². The van der Waals surface area contributed by atoms with Gasteiger partial charge in [-0.1, -0.05) is 13.8 Å².